The lowest BCUT2D eigenvalue weighted by Crippen LogP contribution is -2.15. The van der Waals surface area contributed by atoms with E-state index in [-0.39, 0.29) is 21.4 Å². The fourth-order valence-corrected chi connectivity index (χ4v) is 4.25. The van der Waals surface area contributed by atoms with Crippen molar-refractivity contribution in [3.05, 3.63) is 107 Å². The van der Waals surface area contributed by atoms with Gasteiger partial charge in [0.05, 0.1) is 11.1 Å². The molecule has 0 aliphatic carbocycles. The first-order valence-corrected chi connectivity index (χ1v) is 11.6. The summed E-state index contributed by atoms with van der Waals surface area (Å²) in [6.07, 6.45) is -2.32. The second kappa shape index (κ2) is 11.0. The van der Waals surface area contributed by atoms with Crippen LogP contribution in [0.2, 0.25) is 0 Å². The van der Waals surface area contributed by atoms with E-state index in [1.807, 2.05) is 12.1 Å². The van der Waals surface area contributed by atoms with E-state index in [0.717, 1.165) is 0 Å². The molecule has 0 fully saturated rings. The smallest absolute Gasteiger partial charge is 0.341 e. The molecule has 176 valence electrons. The third-order valence-corrected chi connectivity index (χ3v) is 6.42. The first kappa shape index (κ1) is 24.9. The molecule has 0 amide bonds. The van der Waals surface area contributed by atoms with Gasteiger partial charge in [0, 0.05) is 26.3 Å². The zero-order valence-electron chi connectivity index (χ0n) is 18.7. The van der Waals surface area contributed by atoms with Gasteiger partial charge in [0.25, 0.3) is 0 Å². The molecule has 0 bridgehead atoms. The molecule has 4 aromatic rings. The van der Waals surface area contributed by atoms with Crippen LogP contribution in [0.4, 0.5) is 0 Å². The molecule has 0 aliphatic rings. The lowest BCUT2D eigenvalue weighted by atomic mass is 9.98. The number of benzene rings is 4. The molecule has 0 radical (unpaired) electrons. The third kappa shape index (κ3) is 5.06. The van der Waals surface area contributed by atoms with Crippen molar-refractivity contribution >= 4 is 48.0 Å². The van der Waals surface area contributed by atoms with Crippen LogP contribution in [0.1, 0.15) is 44.1 Å². The zero-order valence-corrected chi connectivity index (χ0v) is 20.4. The number of nitriles is 2. The summed E-state index contributed by atoms with van der Waals surface area (Å²) in [7, 11) is 0. The number of fused-ring (bicyclic) bond motifs is 1. The molecule has 2 atom stereocenters. The van der Waals surface area contributed by atoms with Gasteiger partial charge < -0.3 is 9.47 Å². The Labute approximate surface area is 218 Å². The standard InChI is InChI=1S/C28H18N2O4S2/c29-15-21(17-8-3-1-4-9-17)33-27(31)20-13-7-12-19-14-23(35)26(36)25(24(19)20)28(32)34-22(16-30)18-10-5-2-6-11-18/h1-14,21-22,35-36H. The number of hydrogen-bond donors (Lipinski definition) is 2. The largest absolute Gasteiger partial charge is 0.438 e. The number of thiol groups is 2. The maximum atomic E-state index is 13.4. The van der Waals surface area contributed by atoms with Crippen LogP contribution in [-0.2, 0) is 9.47 Å². The fourth-order valence-electron chi connectivity index (χ4n) is 3.73. The maximum Gasteiger partial charge on any atom is 0.341 e. The van der Waals surface area contributed by atoms with E-state index in [1.165, 1.54) is 6.07 Å². The van der Waals surface area contributed by atoms with E-state index < -0.39 is 24.1 Å². The highest BCUT2D eigenvalue weighted by Crippen LogP contribution is 2.35. The first-order chi connectivity index (χ1) is 17.4. The molecule has 0 aromatic heterocycles. The number of nitrogens with zero attached hydrogens (tertiary/aromatic N) is 2. The van der Waals surface area contributed by atoms with E-state index in [4.69, 9.17) is 9.47 Å². The Morgan fingerprint density at radius 2 is 1.25 bits per heavy atom. The predicted octanol–water partition coefficient (Wildman–Crippen LogP) is 6.26. The highest BCUT2D eigenvalue weighted by atomic mass is 32.1. The normalized spacial score (nSPS) is 12.1. The van der Waals surface area contributed by atoms with E-state index >= 15 is 0 Å². The van der Waals surface area contributed by atoms with Crippen molar-refractivity contribution in [2.24, 2.45) is 0 Å². The number of ether oxygens (including phenoxy) is 2. The summed E-state index contributed by atoms with van der Waals surface area (Å²) in [5.41, 5.74) is 1.03. The Hall–Kier alpha value is -4.24. The lowest BCUT2D eigenvalue weighted by Gasteiger charge is -2.17. The predicted molar refractivity (Wildman–Crippen MR) is 139 cm³/mol. The van der Waals surface area contributed by atoms with Gasteiger partial charge in [0.1, 0.15) is 12.1 Å². The zero-order chi connectivity index (χ0) is 25.7. The summed E-state index contributed by atoms with van der Waals surface area (Å²) in [6, 6.07) is 27.6. The number of hydrogen-bond acceptors (Lipinski definition) is 8. The van der Waals surface area contributed by atoms with Gasteiger partial charge in [0.15, 0.2) is 0 Å². The van der Waals surface area contributed by atoms with Crippen molar-refractivity contribution < 1.29 is 19.1 Å². The first-order valence-electron chi connectivity index (χ1n) is 10.7. The van der Waals surface area contributed by atoms with Crippen molar-refractivity contribution in [1.29, 1.82) is 10.5 Å². The summed E-state index contributed by atoms with van der Waals surface area (Å²) in [6.45, 7) is 0. The number of carbonyl (C=O) groups excluding carboxylic acids is 2. The molecule has 8 heteroatoms. The molecule has 0 aliphatic heterocycles. The van der Waals surface area contributed by atoms with Crippen LogP contribution in [-0.4, -0.2) is 11.9 Å². The Balaban J connectivity index is 1.78. The SMILES string of the molecule is N#CC(OC(=O)c1cccc2cc(S)c(S)c(C(=O)OC(C#N)c3ccccc3)c12)c1ccccc1. The topological polar surface area (TPSA) is 100 Å². The molecule has 0 heterocycles. The Morgan fingerprint density at radius 1 is 0.722 bits per heavy atom. The van der Waals surface area contributed by atoms with E-state index in [9.17, 15) is 20.1 Å². The average molecular weight is 511 g/mol. The number of esters is 2. The van der Waals surface area contributed by atoms with E-state index in [1.54, 1.807) is 78.9 Å². The van der Waals surface area contributed by atoms with Crippen molar-refractivity contribution in [3.8, 4) is 12.1 Å². The second-order valence-electron chi connectivity index (χ2n) is 7.67. The summed E-state index contributed by atoms with van der Waals surface area (Å²) >= 11 is 8.88. The van der Waals surface area contributed by atoms with Crippen LogP contribution in [0.3, 0.4) is 0 Å². The van der Waals surface area contributed by atoms with E-state index in [0.29, 0.717) is 21.4 Å². The number of carbonyl (C=O) groups is 2. The van der Waals surface area contributed by atoms with Gasteiger partial charge in [0.2, 0.25) is 12.2 Å². The molecule has 0 N–H and O–H groups in total. The molecule has 4 rings (SSSR count). The fraction of sp³-hybridized carbons (Fsp3) is 0.0714. The molecule has 0 saturated carbocycles. The summed E-state index contributed by atoms with van der Waals surface area (Å²) < 4.78 is 11.0. The highest BCUT2D eigenvalue weighted by molar-refractivity contribution is 7.83. The molecular weight excluding hydrogens is 492 g/mol. The van der Waals surface area contributed by atoms with Gasteiger partial charge in [-0.1, -0.05) is 72.8 Å². The van der Waals surface area contributed by atoms with Crippen molar-refractivity contribution in [2.75, 3.05) is 0 Å². The van der Waals surface area contributed by atoms with Crippen LogP contribution in [0.25, 0.3) is 10.8 Å². The third-order valence-electron chi connectivity index (χ3n) is 5.43. The minimum atomic E-state index is -1.18. The maximum absolute atomic E-state index is 13.4. The lowest BCUT2D eigenvalue weighted by molar-refractivity contribution is 0.0402. The van der Waals surface area contributed by atoms with Gasteiger partial charge >= 0.3 is 11.9 Å². The molecule has 0 saturated heterocycles. The Morgan fingerprint density at radius 3 is 1.78 bits per heavy atom. The van der Waals surface area contributed by atoms with Gasteiger partial charge in [-0.3, -0.25) is 0 Å². The van der Waals surface area contributed by atoms with Crippen LogP contribution in [0, 0.1) is 22.7 Å². The Kier molecular flexibility index (Phi) is 7.60. The minimum absolute atomic E-state index is 0.0298. The van der Waals surface area contributed by atoms with Gasteiger partial charge in [-0.2, -0.15) is 10.5 Å². The van der Waals surface area contributed by atoms with Crippen LogP contribution < -0.4 is 0 Å². The van der Waals surface area contributed by atoms with E-state index in [2.05, 4.69) is 25.3 Å². The highest BCUT2D eigenvalue weighted by Gasteiger charge is 2.27. The van der Waals surface area contributed by atoms with Crippen LogP contribution >= 0.6 is 25.3 Å². The second-order valence-corrected chi connectivity index (χ2v) is 8.60. The Bertz CT molecular complexity index is 1530. The van der Waals surface area contributed by atoms with Crippen molar-refractivity contribution in [2.45, 2.75) is 22.0 Å². The molecule has 2 unspecified atom stereocenters. The summed E-state index contributed by atoms with van der Waals surface area (Å²) in [5.74, 6) is -1.65. The van der Waals surface area contributed by atoms with Gasteiger partial charge in [-0.05, 0) is 17.5 Å². The number of rotatable bonds is 6. The molecule has 0 spiro atoms. The van der Waals surface area contributed by atoms with Crippen molar-refractivity contribution in [3.63, 3.8) is 0 Å². The van der Waals surface area contributed by atoms with Crippen LogP contribution in [0.5, 0.6) is 0 Å². The monoisotopic (exact) mass is 510 g/mol. The van der Waals surface area contributed by atoms with Gasteiger partial charge in [-0.15, -0.1) is 25.3 Å². The minimum Gasteiger partial charge on any atom is -0.438 e. The average Bonchev–Trinajstić information content (AvgIpc) is 2.91. The molecule has 36 heavy (non-hydrogen) atoms. The molecule has 4 aromatic carbocycles. The summed E-state index contributed by atoms with van der Waals surface area (Å²) in [4.78, 5) is 27.2. The molecular formula is C28H18N2O4S2. The molecule has 6 nitrogen and oxygen atoms in total. The quantitative estimate of drug-likeness (QED) is 0.235. The van der Waals surface area contributed by atoms with Gasteiger partial charge in [-0.25, -0.2) is 9.59 Å². The van der Waals surface area contributed by atoms with Crippen LogP contribution in [0.15, 0.2) is 94.7 Å². The van der Waals surface area contributed by atoms with Crippen molar-refractivity contribution in [1.82, 2.24) is 0 Å². The summed E-state index contributed by atoms with van der Waals surface area (Å²) in [5, 5.41) is 20.0.